The van der Waals surface area contributed by atoms with Crippen molar-refractivity contribution in [3.63, 3.8) is 0 Å². The van der Waals surface area contributed by atoms with Gasteiger partial charge in [-0.1, -0.05) is 89.9 Å². The number of piperidine rings is 4. The Hall–Kier alpha value is -1.52. The van der Waals surface area contributed by atoms with Gasteiger partial charge in [0, 0.05) is 44.1 Å². The summed E-state index contributed by atoms with van der Waals surface area (Å²) in [4.78, 5) is 0. The SMILES string of the molecule is C1CCC(C2CCCC[N-]2)[N-]C1.CC1CCC(C2=C=CC(F)=C[C-]2F)[N-]C1.CC1CCC(C2=C=CC(F)=C[C-]2F)[N-]C1.F[P-](F)(F)(F)(F)F.[Ir]. The maximum Gasteiger partial charge on any atom is 0 e. The topological polar surface area (TPSA) is 56.4 Å². The van der Waals surface area contributed by atoms with Crippen LogP contribution in [0.4, 0.5) is 42.7 Å². The Labute approximate surface area is 302 Å². The third-order valence-corrected chi connectivity index (χ3v) is 8.57. The second-order valence-electron chi connectivity index (χ2n) is 13.2. The quantitative estimate of drug-likeness (QED) is 0.117. The van der Waals surface area contributed by atoms with Gasteiger partial charge < -0.3 is 21.3 Å². The summed E-state index contributed by atoms with van der Waals surface area (Å²) in [5, 5.41) is 18.1. The molecule has 4 aliphatic heterocycles. The molecule has 4 fully saturated rings. The van der Waals surface area contributed by atoms with Gasteiger partial charge in [-0.2, -0.15) is 12.1 Å². The Morgan fingerprint density at radius 2 is 0.960 bits per heavy atom. The zero-order chi connectivity index (χ0) is 36.3. The molecule has 0 saturated carbocycles. The molecule has 0 aromatic rings. The fourth-order valence-corrected chi connectivity index (χ4v) is 6.01. The second-order valence-corrected chi connectivity index (χ2v) is 15.1. The fourth-order valence-electron chi connectivity index (χ4n) is 6.01. The Morgan fingerprint density at radius 3 is 1.22 bits per heavy atom. The number of hydrogen-bond acceptors (Lipinski definition) is 0. The molecule has 6 unspecified atom stereocenters. The van der Waals surface area contributed by atoms with Crippen molar-refractivity contribution < 1.29 is 62.8 Å². The van der Waals surface area contributed by atoms with Crippen molar-refractivity contribution in [2.24, 2.45) is 11.8 Å². The predicted molar refractivity (Wildman–Crippen MR) is 176 cm³/mol. The van der Waals surface area contributed by atoms with Gasteiger partial charge >= 0.3 is 33.0 Å². The van der Waals surface area contributed by atoms with Crippen LogP contribution in [0.5, 0.6) is 0 Å². The average Bonchev–Trinajstić information content (AvgIpc) is 3.02. The molecule has 2 aliphatic carbocycles. The fraction of sp³-hybridized carbons (Fsp3) is 0.647. The molecule has 50 heavy (non-hydrogen) atoms. The molecule has 16 heteroatoms. The molecule has 6 atom stereocenters. The van der Waals surface area contributed by atoms with E-state index in [1.54, 1.807) is 0 Å². The second kappa shape index (κ2) is 19.0. The van der Waals surface area contributed by atoms with Crippen molar-refractivity contribution in [3.05, 3.63) is 92.2 Å². The molecule has 6 aliphatic rings. The van der Waals surface area contributed by atoms with Crippen LogP contribution in [0.25, 0.3) is 21.3 Å². The molecule has 4 saturated heterocycles. The minimum atomic E-state index is -10.7. The van der Waals surface area contributed by atoms with Crippen LogP contribution >= 0.6 is 7.81 Å². The monoisotopic (exact) mass is 922 g/mol. The standard InChI is InChI=1S/2C12H13F2N.C10H18N2.F6P.Ir/c2*1-8-2-5-12(15-7-8)10-4-3-9(13)6-11(10)14;1-3-7-11-9(5-1)10-6-2-4-8-12-10;1-7(2,3,4,5)6;/h2*3,6,8,12H,2,5,7H2,1H3;9-10H,1-8H2;;/q3*-2;-1;. The van der Waals surface area contributed by atoms with E-state index < -0.39 is 31.8 Å². The van der Waals surface area contributed by atoms with E-state index in [1.165, 1.54) is 50.7 Å². The van der Waals surface area contributed by atoms with Crippen LogP contribution in [0, 0.1) is 24.2 Å². The number of rotatable bonds is 3. The summed E-state index contributed by atoms with van der Waals surface area (Å²) in [7, 11) is -10.7. The van der Waals surface area contributed by atoms with E-state index in [-0.39, 0.29) is 32.2 Å². The van der Waals surface area contributed by atoms with E-state index in [1.807, 2.05) is 0 Å². The van der Waals surface area contributed by atoms with Crippen molar-refractivity contribution in [1.29, 1.82) is 0 Å². The van der Waals surface area contributed by atoms with Gasteiger partial charge in [0.1, 0.15) is 0 Å². The van der Waals surface area contributed by atoms with E-state index >= 15 is 0 Å². The van der Waals surface area contributed by atoms with Crippen LogP contribution < -0.4 is 0 Å². The number of hydrogen-bond donors (Lipinski definition) is 0. The van der Waals surface area contributed by atoms with E-state index in [2.05, 4.69) is 46.6 Å². The first-order valence-corrected chi connectivity index (χ1v) is 18.7. The zero-order valence-electron chi connectivity index (χ0n) is 28.0. The average molecular weight is 922 g/mol. The van der Waals surface area contributed by atoms with Crippen molar-refractivity contribution >= 4 is 7.81 Å². The van der Waals surface area contributed by atoms with Gasteiger partial charge in [0.05, 0.1) is 0 Å². The molecular weight excluding hydrogens is 878 g/mol. The van der Waals surface area contributed by atoms with Gasteiger partial charge in [-0.15, -0.1) is 73.7 Å². The molecule has 291 valence electrons. The normalized spacial score (nSPS) is 31.1. The van der Waals surface area contributed by atoms with E-state index in [0.717, 1.165) is 64.0 Å². The first-order valence-electron chi connectivity index (χ1n) is 16.7. The van der Waals surface area contributed by atoms with Crippen molar-refractivity contribution in [2.75, 3.05) is 26.2 Å². The molecule has 0 aromatic heterocycles. The van der Waals surface area contributed by atoms with Gasteiger partial charge in [-0.05, 0) is 0 Å². The third kappa shape index (κ3) is 18.3. The molecule has 0 bridgehead atoms. The van der Waals surface area contributed by atoms with Crippen LogP contribution in [0.2, 0.25) is 0 Å². The predicted octanol–water partition coefficient (Wildman–Crippen LogP) is 13.4. The summed E-state index contributed by atoms with van der Waals surface area (Å²) < 4.78 is 111. The van der Waals surface area contributed by atoms with Gasteiger partial charge in [0.25, 0.3) is 0 Å². The molecular formula is C34H44F10IrN4P-7. The van der Waals surface area contributed by atoms with E-state index in [9.17, 15) is 42.7 Å². The van der Waals surface area contributed by atoms with Crippen LogP contribution in [0.15, 0.2) is 58.6 Å². The Bertz CT molecular complexity index is 1170. The summed E-state index contributed by atoms with van der Waals surface area (Å²) in [6.45, 7) is 7.97. The maximum atomic E-state index is 13.4. The number of halogens is 10. The molecule has 4 nitrogen and oxygen atoms in total. The smallest absolute Gasteiger partial charge is 0 e. The largest absolute Gasteiger partial charge is 0 e. The van der Waals surface area contributed by atoms with Gasteiger partial charge in [0.15, 0.2) is 0 Å². The first-order chi connectivity index (χ1) is 22.7. The van der Waals surface area contributed by atoms with Crippen LogP contribution in [-0.2, 0) is 20.1 Å². The van der Waals surface area contributed by atoms with Gasteiger partial charge in [0.2, 0.25) is 0 Å². The third-order valence-electron chi connectivity index (χ3n) is 8.57. The summed E-state index contributed by atoms with van der Waals surface area (Å²) in [6, 6.07) is 0.918. The number of allylic oxidation sites excluding steroid dienone is 4. The maximum absolute atomic E-state index is 13.4. The van der Waals surface area contributed by atoms with Crippen molar-refractivity contribution in [2.45, 2.75) is 102 Å². The molecule has 4 heterocycles. The Kier molecular flexibility index (Phi) is 17.0. The van der Waals surface area contributed by atoms with Crippen LogP contribution in [-0.4, -0.2) is 50.3 Å². The van der Waals surface area contributed by atoms with Crippen LogP contribution in [0.1, 0.15) is 78.1 Å². The minimum Gasteiger partial charge on any atom is 0 e. The molecule has 0 amide bonds. The summed E-state index contributed by atoms with van der Waals surface area (Å²) in [5.41, 5.74) is 6.10. The summed E-state index contributed by atoms with van der Waals surface area (Å²) >= 11 is 0. The van der Waals surface area contributed by atoms with Gasteiger partial charge in [-0.25, -0.2) is 0 Å². The Balaban J connectivity index is 0.000000237. The molecule has 6 rings (SSSR count). The van der Waals surface area contributed by atoms with Crippen LogP contribution in [0.3, 0.4) is 0 Å². The summed E-state index contributed by atoms with van der Waals surface area (Å²) in [5.74, 6) is -0.0182. The minimum absolute atomic E-state index is 0. The van der Waals surface area contributed by atoms with Gasteiger partial charge in [-0.3, -0.25) is 29.0 Å². The first kappa shape index (κ1) is 44.6. The molecule has 0 spiro atoms. The van der Waals surface area contributed by atoms with E-state index in [4.69, 9.17) is 0 Å². The zero-order valence-corrected chi connectivity index (χ0v) is 31.3. The molecule has 0 aromatic carbocycles. The van der Waals surface area contributed by atoms with E-state index in [0.29, 0.717) is 35.1 Å². The molecule has 0 N–H and O–H groups in total. The molecule has 1 radical (unpaired) electrons. The number of nitrogens with zero attached hydrogens (tertiary/aromatic N) is 4. The summed E-state index contributed by atoms with van der Waals surface area (Å²) in [6.07, 6.45) is 14.8. The van der Waals surface area contributed by atoms with Crippen molar-refractivity contribution in [3.8, 4) is 0 Å². The van der Waals surface area contributed by atoms with Crippen molar-refractivity contribution in [1.82, 2.24) is 0 Å². The Morgan fingerprint density at radius 1 is 0.600 bits per heavy atom.